The molecule has 2 aromatic carbocycles. The number of hydrogen-bond acceptors (Lipinski definition) is 6. The molecule has 2 aliphatic heterocycles. The molecule has 0 saturated carbocycles. The molecule has 4 rings (SSSR count). The molecule has 1 amide bonds. The van der Waals surface area contributed by atoms with Crippen LogP contribution in [0.3, 0.4) is 0 Å². The first-order valence-electron chi connectivity index (χ1n) is 11.5. The van der Waals surface area contributed by atoms with Crippen LogP contribution in [0.4, 0.5) is 0 Å². The lowest BCUT2D eigenvalue weighted by Gasteiger charge is -2.26. The van der Waals surface area contributed by atoms with Gasteiger partial charge in [-0.1, -0.05) is 29.8 Å². The van der Waals surface area contributed by atoms with E-state index >= 15 is 0 Å². The van der Waals surface area contributed by atoms with Crippen molar-refractivity contribution in [2.75, 3.05) is 40.1 Å². The summed E-state index contributed by atoms with van der Waals surface area (Å²) in [6, 6.07) is 12.9. The molecule has 34 heavy (non-hydrogen) atoms. The minimum atomic E-state index is -3.48. The molecule has 2 unspecified atom stereocenters. The van der Waals surface area contributed by atoms with Gasteiger partial charge >= 0.3 is 0 Å². The highest BCUT2D eigenvalue weighted by atomic mass is 32.2. The van der Waals surface area contributed by atoms with Crippen LogP contribution in [0, 0.1) is 13.8 Å². The van der Waals surface area contributed by atoms with Gasteiger partial charge in [0.1, 0.15) is 24.7 Å². The first-order chi connectivity index (χ1) is 16.3. The molecule has 2 aromatic rings. The summed E-state index contributed by atoms with van der Waals surface area (Å²) in [5.41, 5.74) is 3.29. The second-order valence-electron chi connectivity index (χ2n) is 8.93. The van der Waals surface area contributed by atoms with Crippen molar-refractivity contribution in [3.8, 4) is 5.75 Å². The highest BCUT2D eigenvalue weighted by Crippen LogP contribution is 2.25. The summed E-state index contributed by atoms with van der Waals surface area (Å²) in [6.45, 7) is 5.87. The van der Waals surface area contributed by atoms with Crippen molar-refractivity contribution in [1.29, 1.82) is 0 Å². The van der Waals surface area contributed by atoms with Crippen LogP contribution in [0.5, 0.6) is 5.75 Å². The van der Waals surface area contributed by atoms with Gasteiger partial charge in [-0.25, -0.2) is 8.42 Å². The molecular formula is C25H32N2O6S. The molecule has 0 N–H and O–H groups in total. The number of methoxy groups -OCH3 is 1. The number of amides is 1. The first-order valence-corrected chi connectivity index (χ1v) is 13.1. The monoisotopic (exact) mass is 488 g/mol. The summed E-state index contributed by atoms with van der Waals surface area (Å²) in [5, 5.41) is 0. The SMILES string of the molecule is COC1CN(C(=O)c2cc(C)ccc2C)CC1Oc1cccc(CS(=O)(=O)N2CCCOC2)c1. The second-order valence-corrected chi connectivity index (χ2v) is 10.9. The third kappa shape index (κ3) is 5.60. The van der Waals surface area contributed by atoms with Crippen molar-refractivity contribution in [2.24, 2.45) is 0 Å². The number of ether oxygens (including phenoxy) is 3. The maximum Gasteiger partial charge on any atom is 0.254 e. The van der Waals surface area contributed by atoms with Crippen molar-refractivity contribution in [2.45, 2.75) is 38.2 Å². The van der Waals surface area contributed by atoms with E-state index in [2.05, 4.69) is 0 Å². The van der Waals surface area contributed by atoms with Crippen molar-refractivity contribution < 1.29 is 27.4 Å². The number of rotatable bonds is 7. The molecule has 0 spiro atoms. The lowest BCUT2D eigenvalue weighted by molar-refractivity contribution is 0.0312. The van der Waals surface area contributed by atoms with Crippen LogP contribution in [0.15, 0.2) is 42.5 Å². The smallest absolute Gasteiger partial charge is 0.254 e. The zero-order valence-electron chi connectivity index (χ0n) is 19.9. The van der Waals surface area contributed by atoms with E-state index in [1.54, 1.807) is 36.3 Å². The molecule has 2 heterocycles. The van der Waals surface area contributed by atoms with Gasteiger partial charge in [0.05, 0.1) is 18.8 Å². The Kier molecular flexibility index (Phi) is 7.57. The van der Waals surface area contributed by atoms with E-state index in [-0.39, 0.29) is 30.6 Å². The number of likely N-dealkylation sites (tertiary alicyclic amines) is 1. The van der Waals surface area contributed by atoms with Gasteiger partial charge in [0.2, 0.25) is 10.0 Å². The highest BCUT2D eigenvalue weighted by Gasteiger charge is 2.38. The van der Waals surface area contributed by atoms with Gasteiger partial charge in [-0.3, -0.25) is 4.79 Å². The Hall–Kier alpha value is -2.46. The molecule has 184 valence electrons. The lowest BCUT2D eigenvalue weighted by atomic mass is 10.0. The predicted octanol–water partition coefficient (Wildman–Crippen LogP) is 2.73. The summed E-state index contributed by atoms with van der Waals surface area (Å²) in [5.74, 6) is 0.386. The van der Waals surface area contributed by atoms with Gasteiger partial charge in [-0.05, 0) is 49.6 Å². The van der Waals surface area contributed by atoms with Crippen molar-refractivity contribution in [1.82, 2.24) is 9.21 Å². The normalized spacial score (nSPS) is 21.6. The van der Waals surface area contributed by atoms with E-state index in [0.717, 1.165) is 11.1 Å². The third-order valence-corrected chi connectivity index (χ3v) is 8.06. The molecule has 0 bridgehead atoms. The standard InChI is InChI=1S/C25H32N2O6S/c1-18-8-9-19(2)22(12-18)25(28)26-14-23(31-3)24(15-26)33-21-7-4-6-20(13-21)16-34(29,30)27-10-5-11-32-17-27/h4,6-9,12-13,23-24H,5,10-11,14-17H2,1-3H3. The van der Waals surface area contributed by atoms with Crippen LogP contribution in [0.1, 0.15) is 33.5 Å². The molecule has 2 fully saturated rings. The van der Waals surface area contributed by atoms with Gasteiger partial charge in [-0.2, -0.15) is 4.31 Å². The van der Waals surface area contributed by atoms with E-state index in [1.807, 2.05) is 32.0 Å². The molecule has 2 atom stereocenters. The number of benzene rings is 2. The zero-order valence-corrected chi connectivity index (χ0v) is 20.7. The Morgan fingerprint density at radius 1 is 1.12 bits per heavy atom. The minimum Gasteiger partial charge on any atom is -0.486 e. The van der Waals surface area contributed by atoms with Gasteiger partial charge in [-0.15, -0.1) is 0 Å². The quantitative estimate of drug-likeness (QED) is 0.596. The maximum atomic E-state index is 13.2. The van der Waals surface area contributed by atoms with Crippen molar-refractivity contribution >= 4 is 15.9 Å². The molecule has 0 radical (unpaired) electrons. The number of aryl methyl sites for hydroxylation is 2. The van der Waals surface area contributed by atoms with Crippen molar-refractivity contribution in [3.63, 3.8) is 0 Å². The Balaban J connectivity index is 1.45. The van der Waals surface area contributed by atoms with Crippen LogP contribution in [0.2, 0.25) is 0 Å². The van der Waals surface area contributed by atoms with Crippen molar-refractivity contribution in [3.05, 3.63) is 64.7 Å². The van der Waals surface area contributed by atoms with E-state index in [4.69, 9.17) is 14.2 Å². The second kappa shape index (κ2) is 10.4. The number of nitrogens with zero attached hydrogens (tertiary/aromatic N) is 2. The van der Waals surface area contributed by atoms with Gasteiger partial charge < -0.3 is 19.1 Å². The number of sulfonamides is 1. The summed E-state index contributed by atoms with van der Waals surface area (Å²) < 4.78 is 44.0. The Morgan fingerprint density at radius 2 is 1.91 bits per heavy atom. The average Bonchev–Trinajstić information content (AvgIpc) is 3.23. The van der Waals surface area contributed by atoms with Gasteiger partial charge in [0.15, 0.2) is 0 Å². The molecule has 0 aliphatic carbocycles. The summed E-state index contributed by atoms with van der Waals surface area (Å²) in [6.07, 6.45) is 0.0492. The van der Waals surface area contributed by atoms with E-state index in [0.29, 0.717) is 49.5 Å². The fraction of sp³-hybridized carbons (Fsp3) is 0.480. The summed E-state index contributed by atoms with van der Waals surface area (Å²) in [7, 11) is -1.87. The molecule has 2 aliphatic rings. The highest BCUT2D eigenvalue weighted by molar-refractivity contribution is 7.88. The number of carbonyl (C=O) groups is 1. The summed E-state index contributed by atoms with van der Waals surface area (Å²) in [4.78, 5) is 14.9. The van der Waals surface area contributed by atoms with E-state index < -0.39 is 10.0 Å². The van der Waals surface area contributed by atoms with E-state index in [1.165, 1.54) is 4.31 Å². The fourth-order valence-corrected chi connectivity index (χ4v) is 5.79. The van der Waals surface area contributed by atoms with Crippen LogP contribution in [0.25, 0.3) is 0 Å². The molecular weight excluding hydrogens is 456 g/mol. The van der Waals surface area contributed by atoms with Crippen LogP contribution in [-0.4, -0.2) is 75.8 Å². The lowest BCUT2D eigenvalue weighted by Crippen LogP contribution is -2.38. The fourth-order valence-electron chi connectivity index (χ4n) is 4.36. The topological polar surface area (TPSA) is 85.4 Å². The molecule has 9 heteroatoms. The Labute approximate surface area is 201 Å². The first kappa shape index (κ1) is 24.7. The Bertz CT molecular complexity index is 1130. The molecule has 8 nitrogen and oxygen atoms in total. The Morgan fingerprint density at radius 3 is 2.65 bits per heavy atom. The number of carbonyl (C=O) groups excluding carboxylic acids is 1. The number of hydrogen-bond donors (Lipinski definition) is 0. The van der Waals surface area contributed by atoms with Crippen LogP contribution >= 0.6 is 0 Å². The maximum absolute atomic E-state index is 13.2. The average molecular weight is 489 g/mol. The third-order valence-electron chi connectivity index (χ3n) is 6.29. The van der Waals surface area contributed by atoms with Crippen LogP contribution < -0.4 is 4.74 Å². The van der Waals surface area contributed by atoms with Gasteiger partial charge in [0, 0.05) is 25.8 Å². The minimum absolute atomic E-state index is 0.0436. The summed E-state index contributed by atoms with van der Waals surface area (Å²) >= 11 is 0. The van der Waals surface area contributed by atoms with E-state index in [9.17, 15) is 13.2 Å². The van der Waals surface area contributed by atoms with Gasteiger partial charge in [0.25, 0.3) is 5.91 Å². The molecule has 2 saturated heterocycles. The predicted molar refractivity (Wildman–Crippen MR) is 128 cm³/mol. The molecule has 0 aromatic heterocycles. The largest absolute Gasteiger partial charge is 0.486 e. The zero-order chi connectivity index (χ0) is 24.3. The van der Waals surface area contributed by atoms with Crippen LogP contribution in [-0.2, 0) is 25.2 Å².